The molecule has 3 rings (SSSR count). The molecule has 0 spiro atoms. The van der Waals surface area contributed by atoms with Crippen LogP contribution in [0.5, 0.6) is 0 Å². The number of nitrogens with zero attached hydrogens (tertiary/aromatic N) is 4. The molecule has 0 fully saturated rings. The van der Waals surface area contributed by atoms with E-state index in [2.05, 4.69) is 26.0 Å². The Morgan fingerprint density at radius 3 is 2.90 bits per heavy atom. The van der Waals surface area contributed by atoms with Crippen LogP contribution in [0.2, 0.25) is 0 Å². The highest BCUT2D eigenvalue weighted by molar-refractivity contribution is 9.10. The zero-order chi connectivity index (χ0) is 15.0. The topological polar surface area (TPSA) is 72.9 Å². The van der Waals surface area contributed by atoms with Gasteiger partial charge in [-0.1, -0.05) is 27.7 Å². The molecule has 0 atom stereocenters. The Morgan fingerprint density at radius 1 is 1.43 bits per heavy atom. The Labute approximate surface area is 132 Å². The predicted octanol–water partition coefficient (Wildman–Crippen LogP) is 2.70. The lowest BCUT2D eigenvalue weighted by Crippen LogP contribution is -2.02. The van der Waals surface area contributed by atoms with Crippen molar-refractivity contribution in [2.45, 2.75) is 5.16 Å². The maximum Gasteiger partial charge on any atom is 0.313 e. The molecule has 8 heteroatoms. The Bertz CT molecular complexity index is 827. The summed E-state index contributed by atoms with van der Waals surface area (Å²) in [7, 11) is 1.84. The van der Waals surface area contributed by atoms with E-state index in [9.17, 15) is 4.79 Å². The first-order valence-electron chi connectivity index (χ1n) is 6.07. The van der Waals surface area contributed by atoms with E-state index >= 15 is 0 Å². The van der Waals surface area contributed by atoms with Gasteiger partial charge in [-0.25, -0.2) is 4.98 Å². The SMILES string of the molecule is Cn1ccc(-n2c(SCC(=O)O)nc3cc(Br)ccc32)n1. The van der Waals surface area contributed by atoms with E-state index in [-0.39, 0.29) is 5.75 Å². The van der Waals surface area contributed by atoms with Gasteiger partial charge >= 0.3 is 5.97 Å². The van der Waals surface area contributed by atoms with Gasteiger partial charge in [0.25, 0.3) is 0 Å². The lowest BCUT2D eigenvalue weighted by atomic mass is 10.3. The molecule has 1 N–H and O–H groups in total. The van der Waals surface area contributed by atoms with Crippen LogP contribution in [0.15, 0.2) is 40.1 Å². The summed E-state index contributed by atoms with van der Waals surface area (Å²) in [5, 5.41) is 13.9. The van der Waals surface area contributed by atoms with Gasteiger partial charge in [0.2, 0.25) is 0 Å². The Morgan fingerprint density at radius 2 is 2.24 bits per heavy atom. The van der Waals surface area contributed by atoms with Crippen LogP contribution in [0.1, 0.15) is 0 Å². The monoisotopic (exact) mass is 366 g/mol. The summed E-state index contributed by atoms with van der Waals surface area (Å²) in [6.07, 6.45) is 1.84. The molecule has 2 aromatic heterocycles. The first-order chi connectivity index (χ1) is 10.0. The third-order valence-corrected chi connectivity index (χ3v) is 4.26. The molecule has 0 aliphatic heterocycles. The summed E-state index contributed by atoms with van der Waals surface area (Å²) in [5.74, 6) is -0.201. The Balaban J connectivity index is 2.17. The number of thioether (sulfide) groups is 1. The van der Waals surface area contributed by atoms with Crippen LogP contribution >= 0.6 is 27.7 Å². The highest BCUT2D eigenvalue weighted by Gasteiger charge is 2.16. The lowest BCUT2D eigenvalue weighted by molar-refractivity contribution is -0.133. The Kier molecular flexibility index (Phi) is 3.73. The summed E-state index contributed by atoms with van der Waals surface area (Å²) >= 11 is 4.60. The molecule has 0 radical (unpaired) electrons. The van der Waals surface area contributed by atoms with Gasteiger partial charge in [0.15, 0.2) is 11.0 Å². The van der Waals surface area contributed by atoms with E-state index in [1.54, 1.807) is 4.68 Å². The molecule has 0 bridgehead atoms. The van der Waals surface area contributed by atoms with Crippen molar-refractivity contribution in [1.29, 1.82) is 0 Å². The Hall–Kier alpha value is -1.80. The zero-order valence-electron chi connectivity index (χ0n) is 11.0. The minimum atomic E-state index is -0.874. The predicted molar refractivity (Wildman–Crippen MR) is 83.9 cm³/mol. The van der Waals surface area contributed by atoms with Gasteiger partial charge in [-0.3, -0.25) is 14.0 Å². The highest BCUT2D eigenvalue weighted by atomic mass is 79.9. The number of carbonyl (C=O) groups is 1. The van der Waals surface area contributed by atoms with Crippen LogP contribution in [0.25, 0.3) is 16.9 Å². The van der Waals surface area contributed by atoms with Crippen molar-refractivity contribution in [3.05, 3.63) is 34.9 Å². The standard InChI is InChI=1S/C13H11BrN4O2S/c1-17-5-4-11(16-17)18-10-3-2-8(14)6-9(10)15-13(18)21-7-12(19)20/h2-6H,7H2,1H3,(H,19,20). The fourth-order valence-electron chi connectivity index (χ4n) is 2.00. The van der Waals surface area contributed by atoms with E-state index in [4.69, 9.17) is 5.11 Å². The summed E-state index contributed by atoms with van der Waals surface area (Å²) in [6, 6.07) is 7.63. The van der Waals surface area contributed by atoms with Crippen LogP contribution < -0.4 is 0 Å². The molecule has 0 unspecified atom stereocenters. The van der Waals surface area contributed by atoms with Crippen LogP contribution in [-0.2, 0) is 11.8 Å². The van der Waals surface area contributed by atoms with Gasteiger partial charge in [0.1, 0.15) is 0 Å². The van der Waals surface area contributed by atoms with Crippen LogP contribution in [-0.4, -0.2) is 36.2 Å². The van der Waals surface area contributed by atoms with Gasteiger partial charge in [0.05, 0.1) is 16.8 Å². The fourth-order valence-corrected chi connectivity index (χ4v) is 3.08. The van der Waals surface area contributed by atoms with Gasteiger partial charge in [0, 0.05) is 23.8 Å². The van der Waals surface area contributed by atoms with Gasteiger partial charge in [-0.05, 0) is 18.2 Å². The maximum absolute atomic E-state index is 10.8. The number of fused-ring (bicyclic) bond motifs is 1. The smallest absolute Gasteiger partial charge is 0.313 e. The number of aliphatic carboxylic acids is 1. The summed E-state index contributed by atoms with van der Waals surface area (Å²) in [6.45, 7) is 0. The van der Waals surface area contributed by atoms with Gasteiger partial charge in [-0.15, -0.1) is 0 Å². The molecule has 0 saturated carbocycles. The molecule has 6 nitrogen and oxygen atoms in total. The van der Waals surface area contributed by atoms with E-state index in [0.717, 1.165) is 21.3 Å². The number of hydrogen-bond acceptors (Lipinski definition) is 4. The summed E-state index contributed by atoms with van der Waals surface area (Å²) in [5.41, 5.74) is 1.69. The van der Waals surface area contributed by atoms with Crippen molar-refractivity contribution in [2.75, 3.05) is 5.75 Å². The number of carboxylic acid groups (broad SMARTS) is 1. The van der Waals surface area contributed by atoms with E-state index in [1.807, 2.05) is 42.1 Å². The van der Waals surface area contributed by atoms with Crippen molar-refractivity contribution in [3.8, 4) is 5.82 Å². The van der Waals surface area contributed by atoms with Crippen molar-refractivity contribution in [2.24, 2.45) is 7.05 Å². The number of carboxylic acids is 1. The van der Waals surface area contributed by atoms with E-state index in [0.29, 0.717) is 5.16 Å². The minimum Gasteiger partial charge on any atom is -0.481 e. The molecule has 0 aliphatic rings. The van der Waals surface area contributed by atoms with Crippen LogP contribution in [0.4, 0.5) is 0 Å². The molecule has 0 amide bonds. The molecular weight excluding hydrogens is 356 g/mol. The molecule has 0 saturated heterocycles. The summed E-state index contributed by atoms with van der Waals surface area (Å²) in [4.78, 5) is 15.3. The third-order valence-electron chi connectivity index (χ3n) is 2.84. The number of aromatic nitrogens is 4. The average molecular weight is 367 g/mol. The molecule has 2 heterocycles. The van der Waals surface area contributed by atoms with Crippen molar-refractivity contribution in [1.82, 2.24) is 19.3 Å². The normalized spacial score (nSPS) is 11.1. The van der Waals surface area contributed by atoms with Crippen molar-refractivity contribution in [3.63, 3.8) is 0 Å². The number of benzene rings is 1. The minimum absolute atomic E-state index is 0.0443. The second kappa shape index (κ2) is 5.53. The number of hydrogen-bond donors (Lipinski definition) is 1. The second-order valence-electron chi connectivity index (χ2n) is 4.39. The molecule has 1 aromatic carbocycles. The van der Waals surface area contributed by atoms with Crippen molar-refractivity contribution >= 4 is 44.7 Å². The number of imidazole rings is 1. The third kappa shape index (κ3) is 2.81. The number of halogens is 1. The van der Waals surface area contributed by atoms with Crippen LogP contribution in [0, 0.1) is 0 Å². The quantitative estimate of drug-likeness (QED) is 0.718. The van der Waals surface area contributed by atoms with E-state index < -0.39 is 5.97 Å². The lowest BCUT2D eigenvalue weighted by Gasteiger charge is -2.04. The largest absolute Gasteiger partial charge is 0.481 e. The average Bonchev–Trinajstić information content (AvgIpc) is 2.98. The first-order valence-corrected chi connectivity index (χ1v) is 7.85. The first kappa shape index (κ1) is 14.2. The van der Waals surface area contributed by atoms with Gasteiger partial charge < -0.3 is 5.11 Å². The zero-order valence-corrected chi connectivity index (χ0v) is 13.4. The van der Waals surface area contributed by atoms with Gasteiger partial charge in [-0.2, -0.15) is 5.10 Å². The highest BCUT2D eigenvalue weighted by Crippen LogP contribution is 2.28. The number of aryl methyl sites for hydroxylation is 1. The van der Waals surface area contributed by atoms with Crippen LogP contribution in [0.3, 0.4) is 0 Å². The molecule has 108 valence electrons. The molecule has 21 heavy (non-hydrogen) atoms. The second-order valence-corrected chi connectivity index (χ2v) is 6.25. The maximum atomic E-state index is 10.8. The number of rotatable bonds is 4. The molecular formula is C13H11BrN4O2S. The van der Waals surface area contributed by atoms with Crippen molar-refractivity contribution < 1.29 is 9.90 Å². The molecule has 3 aromatic rings. The molecule has 0 aliphatic carbocycles. The fraction of sp³-hybridized carbons (Fsp3) is 0.154. The summed E-state index contributed by atoms with van der Waals surface area (Å²) < 4.78 is 4.50. The van der Waals surface area contributed by atoms with E-state index in [1.165, 1.54) is 11.8 Å².